The monoisotopic (exact) mass is 671 g/mol. The molecule has 3 heterocycles. The Hall–Kier alpha value is -2.38. The van der Waals surface area contributed by atoms with Gasteiger partial charge in [-0.05, 0) is 61.4 Å². The first-order valence-corrected chi connectivity index (χ1v) is 18.7. The first-order chi connectivity index (χ1) is 22.7. The van der Waals surface area contributed by atoms with Gasteiger partial charge in [0.1, 0.15) is 6.10 Å². The van der Waals surface area contributed by atoms with Crippen LogP contribution in [0, 0.1) is 23.7 Å². The van der Waals surface area contributed by atoms with Gasteiger partial charge in [-0.15, -0.1) is 0 Å². The van der Waals surface area contributed by atoms with Crippen molar-refractivity contribution >= 4 is 16.0 Å². The van der Waals surface area contributed by atoms with Crippen molar-refractivity contribution in [2.45, 2.75) is 94.4 Å². The number of carbonyl (C=O) groups is 1. The number of benzene rings is 2. The third-order valence-electron chi connectivity index (χ3n) is 10.4. The number of aliphatic hydroxyl groups is 2. The predicted octanol–water partition coefficient (Wildman–Crippen LogP) is 4.37. The molecule has 10 nitrogen and oxygen atoms in total. The Morgan fingerprint density at radius 2 is 1.77 bits per heavy atom. The highest BCUT2D eigenvalue weighted by molar-refractivity contribution is 7.89. The van der Waals surface area contributed by atoms with E-state index in [2.05, 4.69) is 0 Å². The predicted molar refractivity (Wildman–Crippen MR) is 173 cm³/mol. The van der Waals surface area contributed by atoms with E-state index in [1.165, 1.54) is 10.4 Å². The van der Waals surface area contributed by atoms with E-state index in [4.69, 9.17) is 18.9 Å². The lowest BCUT2D eigenvalue weighted by molar-refractivity contribution is -0.178. The average Bonchev–Trinajstić information content (AvgIpc) is 3.59. The molecule has 2 aromatic rings. The average molecular weight is 672 g/mol. The Labute approximate surface area is 278 Å². The van der Waals surface area contributed by atoms with E-state index < -0.39 is 34.1 Å². The van der Waals surface area contributed by atoms with Crippen LogP contribution < -0.4 is 0 Å². The van der Waals surface area contributed by atoms with Crippen LogP contribution in [0.4, 0.5) is 0 Å². The summed E-state index contributed by atoms with van der Waals surface area (Å²) in [6.07, 6.45) is 3.22. The van der Waals surface area contributed by atoms with Gasteiger partial charge in [-0.2, -0.15) is 4.31 Å². The van der Waals surface area contributed by atoms with Crippen LogP contribution in [0.25, 0.3) is 0 Å². The first kappa shape index (κ1) is 34.5. The van der Waals surface area contributed by atoms with E-state index in [1.807, 2.05) is 30.3 Å². The Bertz CT molecular complexity index is 1450. The molecule has 258 valence electrons. The second kappa shape index (κ2) is 15.4. The fraction of sp³-hybridized carbons (Fsp3) is 0.639. The van der Waals surface area contributed by atoms with Crippen LogP contribution in [0.1, 0.15) is 74.7 Å². The fourth-order valence-electron chi connectivity index (χ4n) is 7.76. The number of esters is 1. The van der Waals surface area contributed by atoms with Crippen LogP contribution in [-0.4, -0.2) is 80.3 Å². The first-order valence-electron chi connectivity index (χ1n) is 17.2. The molecule has 3 aliphatic heterocycles. The Kier molecular flexibility index (Phi) is 11.3. The molecule has 0 aromatic heterocycles. The van der Waals surface area contributed by atoms with Crippen molar-refractivity contribution in [2.75, 3.05) is 32.9 Å². The molecular formula is C36H49NO9S. The minimum Gasteiger partial charge on any atom is -0.462 e. The molecule has 0 amide bonds. The molecule has 2 N–H and O–H groups in total. The van der Waals surface area contributed by atoms with E-state index in [-0.39, 0.29) is 61.2 Å². The van der Waals surface area contributed by atoms with Gasteiger partial charge in [0.25, 0.3) is 0 Å². The van der Waals surface area contributed by atoms with Gasteiger partial charge >= 0.3 is 5.97 Å². The summed E-state index contributed by atoms with van der Waals surface area (Å²) in [4.78, 5) is 13.7. The molecular weight excluding hydrogens is 622 g/mol. The minimum atomic E-state index is -4.06. The van der Waals surface area contributed by atoms with Gasteiger partial charge in [-0.25, -0.2) is 8.42 Å². The summed E-state index contributed by atoms with van der Waals surface area (Å²) in [5, 5.41) is 22.0. The van der Waals surface area contributed by atoms with Gasteiger partial charge in [-0.1, -0.05) is 55.7 Å². The van der Waals surface area contributed by atoms with Gasteiger partial charge < -0.3 is 29.2 Å². The fourth-order valence-corrected chi connectivity index (χ4v) is 9.44. The minimum absolute atomic E-state index is 0.0438. The molecule has 2 bridgehead atoms. The van der Waals surface area contributed by atoms with Crippen molar-refractivity contribution < 1.29 is 42.4 Å². The maximum atomic E-state index is 14.3. The van der Waals surface area contributed by atoms with Gasteiger partial charge in [0.05, 0.1) is 43.3 Å². The van der Waals surface area contributed by atoms with Crippen LogP contribution in [0.3, 0.4) is 0 Å². The molecule has 6 rings (SSSR count). The smallest absolute Gasteiger partial charge is 0.306 e. The summed E-state index contributed by atoms with van der Waals surface area (Å²) >= 11 is 0. The zero-order valence-electron chi connectivity index (χ0n) is 27.2. The third-order valence-corrected chi connectivity index (χ3v) is 12.4. The molecule has 4 aliphatic rings. The van der Waals surface area contributed by atoms with Gasteiger partial charge in [-0.3, -0.25) is 4.79 Å². The molecule has 2 unspecified atom stereocenters. The number of nitrogens with zero attached hydrogens (tertiary/aromatic N) is 1. The molecule has 0 spiro atoms. The maximum absolute atomic E-state index is 14.3. The van der Waals surface area contributed by atoms with Crippen LogP contribution >= 0.6 is 0 Å². The van der Waals surface area contributed by atoms with E-state index in [0.29, 0.717) is 43.8 Å². The summed E-state index contributed by atoms with van der Waals surface area (Å²) in [5.41, 5.74) is 2.04. The molecule has 2 saturated heterocycles. The standard InChI is InChI=1S/C36H49NO9S/c1-24(38)26-12-13-33-28(17-26)21-43-15-9-4-2-3-8-14-37(47(33,41)42)20-32(39)27(16-25-10-6-5-7-11-25)19-34(40)46-35-29-18-30-31(35)23-45-36(30)44-22-29/h5-7,10-13,17,24,27,29-32,35-36,38-39H,2-4,8-9,14-16,18-23H2,1H3/t24-,27+,29?,30?,31+,32+,35-,36-/m0/s1. The number of hydrogen-bond acceptors (Lipinski definition) is 9. The van der Waals surface area contributed by atoms with E-state index >= 15 is 0 Å². The Balaban J connectivity index is 1.23. The zero-order valence-corrected chi connectivity index (χ0v) is 28.1. The van der Waals surface area contributed by atoms with Gasteiger partial charge in [0.2, 0.25) is 10.0 Å². The van der Waals surface area contributed by atoms with E-state index in [1.54, 1.807) is 19.1 Å². The highest BCUT2D eigenvalue weighted by atomic mass is 32.2. The lowest BCUT2D eigenvalue weighted by Crippen LogP contribution is -2.42. The number of sulfonamides is 1. The van der Waals surface area contributed by atoms with Crippen molar-refractivity contribution in [3.05, 3.63) is 65.2 Å². The van der Waals surface area contributed by atoms with Crippen molar-refractivity contribution in [1.29, 1.82) is 0 Å². The number of aliphatic hydroxyl groups excluding tert-OH is 2. The quantitative estimate of drug-likeness (QED) is 0.373. The van der Waals surface area contributed by atoms with E-state index in [9.17, 15) is 23.4 Å². The lowest BCUT2D eigenvalue weighted by atomic mass is 9.90. The summed E-state index contributed by atoms with van der Waals surface area (Å²) < 4.78 is 53.7. The molecule has 11 heteroatoms. The van der Waals surface area contributed by atoms with Crippen LogP contribution in [0.15, 0.2) is 53.4 Å². The molecule has 2 aromatic carbocycles. The second-order valence-corrected chi connectivity index (χ2v) is 15.7. The topological polar surface area (TPSA) is 132 Å². The Morgan fingerprint density at radius 1 is 1.00 bits per heavy atom. The highest BCUT2D eigenvalue weighted by Crippen LogP contribution is 2.49. The lowest BCUT2D eigenvalue weighted by Gasteiger charge is -2.31. The summed E-state index contributed by atoms with van der Waals surface area (Å²) in [7, 11) is -4.06. The highest BCUT2D eigenvalue weighted by Gasteiger charge is 2.56. The van der Waals surface area contributed by atoms with E-state index in [0.717, 1.165) is 37.7 Å². The number of carbonyl (C=O) groups excluding carboxylic acids is 1. The number of fused-ring (bicyclic) bond motifs is 2. The molecule has 3 fully saturated rings. The maximum Gasteiger partial charge on any atom is 0.306 e. The van der Waals surface area contributed by atoms with Crippen LogP contribution in [-0.2, 0) is 46.8 Å². The molecule has 47 heavy (non-hydrogen) atoms. The van der Waals surface area contributed by atoms with Gasteiger partial charge in [0, 0.05) is 43.4 Å². The Morgan fingerprint density at radius 3 is 2.57 bits per heavy atom. The number of rotatable bonds is 9. The summed E-state index contributed by atoms with van der Waals surface area (Å²) in [6.45, 7) is 3.38. The largest absolute Gasteiger partial charge is 0.462 e. The third kappa shape index (κ3) is 8.09. The normalized spacial score (nSPS) is 29.8. The van der Waals surface area contributed by atoms with Crippen molar-refractivity contribution in [3.8, 4) is 0 Å². The van der Waals surface area contributed by atoms with Crippen LogP contribution in [0.5, 0.6) is 0 Å². The summed E-state index contributed by atoms with van der Waals surface area (Å²) in [6, 6.07) is 14.5. The molecule has 0 radical (unpaired) electrons. The van der Waals surface area contributed by atoms with Crippen molar-refractivity contribution in [3.63, 3.8) is 0 Å². The number of β-amino-alcohol motifs (C(OH)–C–C–N with tert-alkyl or cyclic N) is 1. The molecule has 8 atom stereocenters. The number of ether oxygens (including phenoxy) is 4. The molecule has 1 aliphatic carbocycles. The SMILES string of the molecule is C[C@H](O)c1ccc2c(c1)COCCCCCCCN(C[C@@H](O)[C@@H](CC(=O)O[C@H]1C3CO[C@H]4OC[C@@H]1C4C3)Cc1ccccc1)S2(=O)=O. The zero-order chi connectivity index (χ0) is 33.0. The van der Waals surface area contributed by atoms with Crippen molar-refractivity contribution in [2.24, 2.45) is 23.7 Å². The number of hydrogen-bond donors (Lipinski definition) is 2. The van der Waals surface area contributed by atoms with Crippen molar-refractivity contribution in [1.82, 2.24) is 4.31 Å². The van der Waals surface area contributed by atoms with Gasteiger partial charge in [0.15, 0.2) is 6.29 Å². The second-order valence-electron chi connectivity index (χ2n) is 13.8. The molecule has 1 saturated carbocycles. The summed E-state index contributed by atoms with van der Waals surface area (Å²) in [5.74, 6) is -0.474. The van der Waals surface area contributed by atoms with Crippen LogP contribution in [0.2, 0.25) is 0 Å².